The Kier molecular flexibility index (Phi) is 6.98. The second-order valence-corrected chi connectivity index (χ2v) is 10.4. The first-order chi connectivity index (χ1) is 16.7. The fraction of sp³-hybridized carbons (Fsp3) is 0.269. The fourth-order valence-electron chi connectivity index (χ4n) is 3.89. The molecule has 0 saturated heterocycles. The van der Waals surface area contributed by atoms with E-state index < -0.39 is 28.3 Å². The van der Waals surface area contributed by atoms with Crippen LogP contribution in [0.5, 0.6) is 11.5 Å². The molecule has 0 saturated carbocycles. The monoisotopic (exact) mass is 498 g/mol. The number of fused-ring (bicyclic) bond motifs is 1. The highest BCUT2D eigenvalue weighted by molar-refractivity contribution is 7.92. The number of carbonyl (C=O) groups is 1. The lowest BCUT2D eigenvalue weighted by atomic mass is 9.98. The van der Waals surface area contributed by atoms with Crippen LogP contribution in [0.4, 0.5) is 15.8 Å². The molecule has 3 aromatic carbocycles. The average Bonchev–Trinajstić information content (AvgIpc) is 2.84. The number of carbonyl (C=O) groups excluding carboxylic acids is 1. The molecule has 184 valence electrons. The maximum atomic E-state index is 13.7. The Bertz CT molecular complexity index is 1340. The van der Waals surface area contributed by atoms with E-state index >= 15 is 0 Å². The molecule has 4 rings (SSSR count). The molecule has 0 bridgehead atoms. The van der Waals surface area contributed by atoms with Crippen molar-refractivity contribution in [3.63, 3.8) is 0 Å². The van der Waals surface area contributed by atoms with E-state index in [1.54, 1.807) is 0 Å². The zero-order valence-electron chi connectivity index (χ0n) is 19.7. The Morgan fingerprint density at radius 2 is 1.71 bits per heavy atom. The van der Waals surface area contributed by atoms with Crippen molar-refractivity contribution in [2.24, 2.45) is 0 Å². The van der Waals surface area contributed by atoms with E-state index in [9.17, 15) is 17.6 Å². The van der Waals surface area contributed by atoms with Crippen LogP contribution in [-0.2, 0) is 14.8 Å². The number of sulfonamides is 1. The summed E-state index contributed by atoms with van der Waals surface area (Å²) in [5.74, 6) is -0.132. The number of hydrogen-bond acceptors (Lipinski definition) is 5. The van der Waals surface area contributed by atoms with E-state index in [4.69, 9.17) is 9.47 Å². The van der Waals surface area contributed by atoms with Gasteiger partial charge in [-0.1, -0.05) is 32.0 Å². The number of amides is 1. The Hall–Kier alpha value is -3.59. The van der Waals surface area contributed by atoms with Crippen molar-refractivity contribution in [2.75, 3.05) is 29.4 Å². The number of aryl methyl sites for hydroxylation is 1. The number of nitrogens with one attached hydrogen (secondary N) is 1. The molecule has 35 heavy (non-hydrogen) atoms. The van der Waals surface area contributed by atoms with Crippen LogP contribution in [0.3, 0.4) is 0 Å². The molecular weight excluding hydrogens is 471 g/mol. The van der Waals surface area contributed by atoms with E-state index in [0.717, 1.165) is 27.6 Å². The molecule has 1 aliphatic rings. The van der Waals surface area contributed by atoms with Crippen LogP contribution in [0.15, 0.2) is 65.6 Å². The molecule has 0 unspecified atom stereocenters. The first-order valence-corrected chi connectivity index (χ1v) is 12.7. The number of para-hydroxylation sites is 1. The molecule has 1 N–H and O–H groups in total. The van der Waals surface area contributed by atoms with Gasteiger partial charge in [0.2, 0.25) is 5.91 Å². The van der Waals surface area contributed by atoms with Crippen molar-refractivity contribution >= 4 is 27.3 Å². The van der Waals surface area contributed by atoms with Gasteiger partial charge in [-0.05, 0) is 60.4 Å². The summed E-state index contributed by atoms with van der Waals surface area (Å²) in [5.41, 5.74) is 2.63. The Morgan fingerprint density at radius 3 is 2.40 bits per heavy atom. The normalized spacial score (nSPS) is 12.9. The van der Waals surface area contributed by atoms with Gasteiger partial charge in [0.25, 0.3) is 10.0 Å². The van der Waals surface area contributed by atoms with Gasteiger partial charge in [-0.15, -0.1) is 0 Å². The molecule has 7 nitrogen and oxygen atoms in total. The first-order valence-electron chi connectivity index (χ1n) is 11.2. The van der Waals surface area contributed by atoms with Crippen LogP contribution < -0.4 is 19.1 Å². The van der Waals surface area contributed by atoms with Crippen LogP contribution in [0.25, 0.3) is 0 Å². The van der Waals surface area contributed by atoms with Gasteiger partial charge in [0.05, 0.1) is 10.6 Å². The van der Waals surface area contributed by atoms with Crippen molar-refractivity contribution in [3.05, 3.63) is 77.6 Å². The smallest absolute Gasteiger partial charge is 0.264 e. The van der Waals surface area contributed by atoms with Crippen molar-refractivity contribution in [1.82, 2.24) is 0 Å². The van der Waals surface area contributed by atoms with Crippen LogP contribution in [0, 0.1) is 12.7 Å². The van der Waals surface area contributed by atoms with Gasteiger partial charge in [0.15, 0.2) is 11.5 Å². The summed E-state index contributed by atoms with van der Waals surface area (Å²) in [5, 5.41) is 2.88. The predicted octanol–water partition coefficient (Wildman–Crippen LogP) is 4.86. The van der Waals surface area contributed by atoms with Crippen molar-refractivity contribution < 1.29 is 27.1 Å². The number of halogens is 1. The summed E-state index contributed by atoms with van der Waals surface area (Å²) >= 11 is 0. The molecule has 9 heteroatoms. The van der Waals surface area contributed by atoms with E-state index in [1.165, 1.54) is 30.3 Å². The highest BCUT2D eigenvalue weighted by Crippen LogP contribution is 2.34. The molecule has 1 amide bonds. The van der Waals surface area contributed by atoms with Gasteiger partial charge in [-0.2, -0.15) is 0 Å². The number of nitrogens with zero attached hydrogens (tertiary/aromatic N) is 1. The van der Waals surface area contributed by atoms with Crippen LogP contribution in [0.2, 0.25) is 0 Å². The summed E-state index contributed by atoms with van der Waals surface area (Å²) in [7, 11) is -4.21. The van der Waals surface area contributed by atoms with Gasteiger partial charge in [-0.25, -0.2) is 12.8 Å². The van der Waals surface area contributed by atoms with Gasteiger partial charge in [0.1, 0.15) is 25.6 Å². The fourth-order valence-corrected chi connectivity index (χ4v) is 5.32. The minimum Gasteiger partial charge on any atom is -0.486 e. The Morgan fingerprint density at radius 1 is 1.03 bits per heavy atom. The maximum absolute atomic E-state index is 13.7. The third-order valence-corrected chi connectivity index (χ3v) is 7.46. The highest BCUT2D eigenvalue weighted by Gasteiger charge is 2.29. The Balaban J connectivity index is 1.69. The molecule has 0 spiro atoms. The quantitative estimate of drug-likeness (QED) is 0.503. The molecule has 0 aromatic heterocycles. The molecule has 0 radical (unpaired) electrons. The summed E-state index contributed by atoms with van der Waals surface area (Å²) in [6.45, 7) is 6.08. The first kappa shape index (κ1) is 24.5. The predicted molar refractivity (Wildman–Crippen MR) is 132 cm³/mol. The van der Waals surface area contributed by atoms with Gasteiger partial charge < -0.3 is 14.8 Å². The zero-order chi connectivity index (χ0) is 25.2. The lowest BCUT2D eigenvalue weighted by Gasteiger charge is -2.26. The van der Waals surface area contributed by atoms with Crippen molar-refractivity contribution in [3.8, 4) is 11.5 Å². The molecule has 0 fully saturated rings. The topological polar surface area (TPSA) is 84.9 Å². The minimum absolute atomic E-state index is 0.0716. The lowest BCUT2D eigenvalue weighted by Crippen LogP contribution is -2.38. The van der Waals surface area contributed by atoms with Crippen LogP contribution >= 0.6 is 0 Å². The summed E-state index contributed by atoms with van der Waals surface area (Å²) in [6, 6.07) is 15.0. The van der Waals surface area contributed by atoms with E-state index in [0.29, 0.717) is 30.4 Å². The van der Waals surface area contributed by atoms with E-state index in [-0.39, 0.29) is 16.5 Å². The lowest BCUT2D eigenvalue weighted by molar-refractivity contribution is -0.114. The molecular formula is C26H27FN2O5S. The number of anilines is 2. The number of rotatable bonds is 7. The highest BCUT2D eigenvalue weighted by atomic mass is 32.2. The van der Waals surface area contributed by atoms with Crippen LogP contribution in [0.1, 0.15) is 30.9 Å². The number of hydrogen-bond donors (Lipinski definition) is 1. The third kappa shape index (κ3) is 5.24. The maximum Gasteiger partial charge on any atom is 0.264 e. The van der Waals surface area contributed by atoms with Gasteiger partial charge in [0, 0.05) is 11.8 Å². The zero-order valence-corrected chi connectivity index (χ0v) is 20.6. The Labute approximate surface area is 204 Å². The average molecular weight is 499 g/mol. The molecule has 0 atom stereocenters. The van der Waals surface area contributed by atoms with Crippen molar-refractivity contribution in [2.45, 2.75) is 31.6 Å². The minimum atomic E-state index is -4.21. The van der Waals surface area contributed by atoms with Gasteiger partial charge >= 0.3 is 0 Å². The van der Waals surface area contributed by atoms with E-state index in [2.05, 4.69) is 5.32 Å². The second-order valence-electron chi connectivity index (χ2n) is 8.54. The van der Waals surface area contributed by atoms with Crippen LogP contribution in [-0.4, -0.2) is 34.1 Å². The number of ether oxygens (including phenoxy) is 2. The molecule has 1 aliphatic heterocycles. The largest absolute Gasteiger partial charge is 0.486 e. The molecule has 3 aromatic rings. The van der Waals surface area contributed by atoms with E-state index in [1.807, 2.05) is 39.0 Å². The third-order valence-electron chi connectivity index (χ3n) is 5.69. The molecule has 1 heterocycles. The summed E-state index contributed by atoms with van der Waals surface area (Å²) in [6.07, 6.45) is 0. The summed E-state index contributed by atoms with van der Waals surface area (Å²) in [4.78, 5) is 13.1. The standard InChI is InChI=1S/C26H27FN2O5S/c1-17(2)22-6-4-5-18(3)26(22)28-25(30)16-29(20-9-7-19(27)8-10-20)35(31,32)21-11-12-23-24(15-21)34-14-13-33-23/h4-12,15,17H,13-14,16H2,1-3H3,(H,28,30). The molecule has 0 aliphatic carbocycles. The van der Waals surface area contributed by atoms with Crippen molar-refractivity contribution in [1.29, 1.82) is 0 Å². The SMILES string of the molecule is Cc1cccc(C(C)C)c1NC(=O)CN(c1ccc(F)cc1)S(=O)(=O)c1ccc2c(c1)OCCO2. The second kappa shape index (κ2) is 9.95. The van der Waals surface area contributed by atoms with Gasteiger partial charge in [-0.3, -0.25) is 9.10 Å². The number of benzene rings is 3. The summed E-state index contributed by atoms with van der Waals surface area (Å²) < 4.78 is 52.9.